The first-order valence-corrected chi connectivity index (χ1v) is 11.8. The van der Waals surface area contributed by atoms with E-state index in [1.165, 1.54) is 12.2 Å². The van der Waals surface area contributed by atoms with Gasteiger partial charge in [-0.15, -0.1) is 5.06 Å². The van der Waals surface area contributed by atoms with Gasteiger partial charge in [0, 0.05) is 51.0 Å². The maximum absolute atomic E-state index is 11.8. The summed E-state index contributed by atoms with van der Waals surface area (Å²) in [6.07, 6.45) is 3.41. The predicted octanol–water partition coefficient (Wildman–Crippen LogP) is -0.285. The number of amides is 4. The fourth-order valence-electron chi connectivity index (χ4n) is 3.11. The molecule has 1 fully saturated rings. The van der Waals surface area contributed by atoms with Gasteiger partial charge >= 0.3 is 5.97 Å². The van der Waals surface area contributed by atoms with Gasteiger partial charge in [0.2, 0.25) is 0 Å². The summed E-state index contributed by atoms with van der Waals surface area (Å²) in [5.74, 6) is -2.56. The van der Waals surface area contributed by atoms with Gasteiger partial charge < -0.3 is 23.8 Å². The average Bonchev–Trinajstić information content (AvgIpc) is 3.34. The number of hydroxylamine groups is 2. The standard InChI is InChI=1S/C23H32N2O11/c26-18(7-9-24-19(27)3-4-20(24)28)2-1-10-32-12-14-34-16-17-35-15-13-33-11-8-23(31)36-25-21(29)5-6-22(25)30/h3-4H,1-2,5-17H2. The molecule has 0 atom stereocenters. The summed E-state index contributed by atoms with van der Waals surface area (Å²) in [4.78, 5) is 74.7. The summed E-state index contributed by atoms with van der Waals surface area (Å²) in [6.45, 7) is 2.64. The lowest BCUT2D eigenvalue weighted by molar-refractivity contribution is -0.198. The zero-order valence-corrected chi connectivity index (χ0v) is 20.1. The highest BCUT2D eigenvalue weighted by Gasteiger charge is 2.32. The summed E-state index contributed by atoms with van der Waals surface area (Å²) in [5, 5.41) is 0.503. The van der Waals surface area contributed by atoms with Crippen molar-refractivity contribution >= 4 is 35.4 Å². The first kappa shape index (κ1) is 29.2. The topological polar surface area (TPSA) is 155 Å². The lowest BCUT2D eigenvalue weighted by Gasteiger charge is -2.12. The Kier molecular flexibility index (Phi) is 13.5. The summed E-state index contributed by atoms with van der Waals surface area (Å²) in [5.41, 5.74) is 0. The SMILES string of the molecule is O=C(CCCOCCOCCOCCOCCC(=O)ON1C(=O)CCC1=O)CCN1C(=O)C=CC1=O. The van der Waals surface area contributed by atoms with Crippen molar-refractivity contribution in [2.75, 3.05) is 59.4 Å². The minimum atomic E-state index is -0.715. The number of carbonyl (C=O) groups excluding carboxylic acids is 6. The van der Waals surface area contributed by atoms with E-state index in [9.17, 15) is 28.8 Å². The van der Waals surface area contributed by atoms with Crippen LogP contribution in [0.4, 0.5) is 0 Å². The fraction of sp³-hybridized carbons (Fsp3) is 0.652. The highest BCUT2D eigenvalue weighted by atomic mass is 16.7. The number of imide groups is 2. The van der Waals surface area contributed by atoms with Crippen LogP contribution in [-0.4, -0.2) is 105 Å². The molecule has 0 spiro atoms. The Hall–Kier alpha value is -3.00. The Morgan fingerprint density at radius 2 is 1.17 bits per heavy atom. The fourth-order valence-corrected chi connectivity index (χ4v) is 3.11. The van der Waals surface area contributed by atoms with Gasteiger partial charge in [-0.2, -0.15) is 0 Å². The van der Waals surface area contributed by atoms with Gasteiger partial charge in [-0.25, -0.2) is 4.79 Å². The van der Waals surface area contributed by atoms with E-state index in [2.05, 4.69) is 0 Å². The number of Topliss-reactive ketones (excluding diaryl/α,β-unsaturated/α-hetero) is 1. The molecule has 0 aromatic heterocycles. The quantitative estimate of drug-likeness (QED) is 0.156. The molecule has 2 rings (SSSR count). The van der Waals surface area contributed by atoms with Gasteiger partial charge in [0.1, 0.15) is 5.78 Å². The van der Waals surface area contributed by atoms with Crippen molar-refractivity contribution in [1.29, 1.82) is 0 Å². The van der Waals surface area contributed by atoms with Crippen LogP contribution >= 0.6 is 0 Å². The van der Waals surface area contributed by atoms with Crippen LogP contribution in [0.2, 0.25) is 0 Å². The molecule has 0 unspecified atom stereocenters. The van der Waals surface area contributed by atoms with Gasteiger partial charge in [-0.3, -0.25) is 28.9 Å². The normalized spacial score (nSPS) is 15.4. The van der Waals surface area contributed by atoms with Crippen molar-refractivity contribution in [1.82, 2.24) is 9.96 Å². The maximum Gasteiger partial charge on any atom is 0.335 e. The molecule has 36 heavy (non-hydrogen) atoms. The van der Waals surface area contributed by atoms with Crippen molar-refractivity contribution in [3.05, 3.63) is 12.2 Å². The minimum Gasteiger partial charge on any atom is -0.379 e. The maximum atomic E-state index is 11.8. The number of hydrogen-bond acceptors (Lipinski definition) is 11. The molecule has 0 radical (unpaired) electrons. The number of ether oxygens (including phenoxy) is 4. The predicted molar refractivity (Wildman–Crippen MR) is 120 cm³/mol. The van der Waals surface area contributed by atoms with Crippen molar-refractivity contribution in [2.45, 2.75) is 38.5 Å². The molecular weight excluding hydrogens is 480 g/mol. The second kappa shape index (κ2) is 16.6. The number of nitrogens with zero attached hydrogens (tertiary/aromatic N) is 2. The van der Waals surface area contributed by atoms with Crippen LogP contribution in [0, 0.1) is 0 Å². The monoisotopic (exact) mass is 512 g/mol. The second-order valence-electron chi connectivity index (χ2n) is 7.80. The Balaban J connectivity index is 1.29. The van der Waals surface area contributed by atoms with Crippen LogP contribution in [0.5, 0.6) is 0 Å². The summed E-state index contributed by atoms with van der Waals surface area (Å²) >= 11 is 0. The Bertz CT molecular complexity index is 793. The summed E-state index contributed by atoms with van der Waals surface area (Å²) in [7, 11) is 0. The molecule has 0 aromatic rings. The average molecular weight is 513 g/mol. The molecule has 0 aromatic carbocycles. The third-order valence-electron chi connectivity index (χ3n) is 5.02. The molecule has 2 aliphatic rings. The smallest absolute Gasteiger partial charge is 0.335 e. The largest absolute Gasteiger partial charge is 0.379 e. The molecule has 200 valence electrons. The van der Waals surface area contributed by atoms with Gasteiger partial charge in [0.15, 0.2) is 0 Å². The highest BCUT2D eigenvalue weighted by Crippen LogP contribution is 2.12. The molecule has 4 amide bonds. The molecule has 2 heterocycles. The van der Waals surface area contributed by atoms with Crippen LogP contribution in [0.1, 0.15) is 38.5 Å². The van der Waals surface area contributed by atoms with E-state index in [1.54, 1.807) is 0 Å². The Labute approximate surface area is 208 Å². The molecule has 13 heteroatoms. The van der Waals surface area contributed by atoms with E-state index >= 15 is 0 Å². The van der Waals surface area contributed by atoms with Crippen molar-refractivity contribution in [2.24, 2.45) is 0 Å². The van der Waals surface area contributed by atoms with Crippen molar-refractivity contribution < 1.29 is 52.6 Å². The summed E-state index contributed by atoms with van der Waals surface area (Å²) in [6, 6.07) is 0. The lowest BCUT2D eigenvalue weighted by Crippen LogP contribution is -2.32. The zero-order chi connectivity index (χ0) is 26.2. The molecule has 0 aliphatic carbocycles. The molecule has 0 N–H and O–H groups in total. The van der Waals surface area contributed by atoms with Gasteiger partial charge in [-0.05, 0) is 6.42 Å². The van der Waals surface area contributed by atoms with Crippen LogP contribution < -0.4 is 0 Å². The van der Waals surface area contributed by atoms with E-state index < -0.39 is 17.8 Å². The number of carbonyl (C=O) groups is 6. The lowest BCUT2D eigenvalue weighted by atomic mass is 10.1. The Morgan fingerprint density at radius 1 is 0.667 bits per heavy atom. The van der Waals surface area contributed by atoms with Crippen LogP contribution in [0.3, 0.4) is 0 Å². The second-order valence-corrected chi connectivity index (χ2v) is 7.80. The highest BCUT2D eigenvalue weighted by molar-refractivity contribution is 6.13. The zero-order valence-electron chi connectivity index (χ0n) is 20.1. The van der Waals surface area contributed by atoms with Crippen LogP contribution in [0.15, 0.2) is 12.2 Å². The van der Waals surface area contributed by atoms with Gasteiger partial charge in [0.05, 0.1) is 52.7 Å². The van der Waals surface area contributed by atoms with Crippen LogP contribution in [-0.2, 0) is 52.6 Å². The van der Waals surface area contributed by atoms with Gasteiger partial charge in [0.25, 0.3) is 23.6 Å². The summed E-state index contributed by atoms with van der Waals surface area (Å²) < 4.78 is 21.3. The van der Waals surface area contributed by atoms with E-state index in [1.807, 2.05) is 0 Å². The molecule has 2 aliphatic heterocycles. The number of hydrogen-bond donors (Lipinski definition) is 0. The number of rotatable bonds is 20. The van der Waals surface area contributed by atoms with Crippen molar-refractivity contribution in [3.8, 4) is 0 Å². The van der Waals surface area contributed by atoms with Gasteiger partial charge in [-0.1, -0.05) is 0 Å². The van der Waals surface area contributed by atoms with Crippen molar-refractivity contribution in [3.63, 3.8) is 0 Å². The third-order valence-corrected chi connectivity index (χ3v) is 5.02. The molecule has 1 saturated heterocycles. The molecule has 0 saturated carbocycles. The van der Waals surface area contributed by atoms with E-state index in [0.717, 1.165) is 4.90 Å². The third kappa shape index (κ3) is 11.2. The molecule has 13 nitrogen and oxygen atoms in total. The first-order chi connectivity index (χ1) is 17.4. The van der Waals surface area contributed by atoms with E-state index in [-0.39, 0.29) is 63.0 Å². The van der Waals surface area contributed by atoms with E-state index in [0.29, 0.717) is 57.5 Å². The minimum absolute atomic E-state index is 0.0292. The van der Waals surface area contributed by atoms with E-state index in [4.69, 9.17) is 23.8 Å². The molecular formula is C23H32N2O11. The molecule has 0 bridgehead atoms. The Morgan fingerprint density at radius 3 is 1.72 bits per heavy atom. The number of ketones is 1. The van der Waals surface area contributed by atoms with Crippen LogP contribution in [0.25, 0.3) is 0 Å². The first-order valence-electron chi connectivity index (χ1n) is 11.8.